The number of fused-ring (bicyclic) bond motifs is 1. The lowest BCUT2D eigenvalue weighted by atomic mass is 9.83. The van der Waals surface area contributed by atoms with E-state index in [4.69, 9.17) is 9.84 Å². The Labute approximate surface area is 114 Å². The van der Waals surface area contributed by atoms with Crippen molar-refractivity contribution in [3.8, 4) is 5.75 Å². The predicted molar refractivity (Wildman–Crippen MR) is 74.9 cm³/mol. The van der Waals surface area contributed by atoms with Gasteiger partial charge in [0.15, 0.2) is 0 Å². The second-order valence-electron chi connectivity index (χ2n) is 6.29. The third kappa shape index (κ3) is 3.28. The van der Waals surface area contributed by atoms with Crippen molar-refractivity contribution < 1.29 is 14.6 Å². The summed E-state index contributed by atoms with van der Waals surface area (Å²) in [4.78, 5) is 11.0. The average Bonchev–Trinajstić information content (AvgIpc) is 2.49. The van der Waals surface area contributed by atoms with Gasteiger partial charge in [-0.25, -0.2) is 0 Å². The highest BCUT2D eigenvalue weighted by molar-refractivity contribution is 5.68. The summed E-state index contributed by atoms with van der Waals surface area (Å²) in [6, 6.07) is 6.21. The van der Waals surface area contributed by atoms with Crippen LogP contribution in [0, 0.1) is 0 Å². The topological polar surface area (TPSA) is 46.5 Å². The van der Waals surface area contributed by atoms with Crippen LogP contribution in [-0.2, 0) is 10.2 Å². The lowest BCUT2D eigenvalue weighted by Gasteiger charge is -2.23. The molecule has 1 aromatic rings. The Morgan fingerprint density at radius 3 is 2.79 bits per heavy atom. The van der Waals surface area contributed by atoms with Crippen molar-refractivity contribution in [2.24, 2.45) is 0 Å². The molecule has 19 heavy (non-hydrogen) atoms. The molecule has 0 aliphatic carbocycles. The van der Waals surface area contributed by atoms with Crippen molar-refractivity contribution in [3.63, 3.8) is 0 Å². The van der Waals surface area contributed by atoms with Gasteiger partial charge < -0.3 is 9.84 Å². The number of carboxylic acid groups (broad SMARTS) is 1. The molecule has 0 fully saturated rings. The van der Waals surface area contributed by atoms with Gasteiger partial charge in [-0.3, -0.25) is 4.79 Å². The molecule has 1 heterocycles. The van der Waals surface area contributed by atoms with Crippen molar-refractivity contribution >= 4 is 5.97 Å². The second-order valence-corrected chi connectivity index (χ2v) is 6.29. The fourth-order valence-corrected chi connectivity index (χ4v) is 2.56. The van der Waals surface area contributed by atoms with E-state index in [1.165, 1.54) is 5.56 Å². The lowest BCUT2D eigenvalue weighted by molar-refractivity contribution is -0.137. The maximum Gasteiger partial charge on any atom is 0.303 e. The van der Waals surface area contributed by atoms with E-state index in [1.54, 1.807) is 0 Å². The van der Waals surface area contributed by atoms with Gasteiger partial charge in [-0.1, -0.05) is 32.9 Å². The van der Waals surface area contributed by atoms with E-state index in [2.05, 4.69) is 32.9 Å². The first kappa shape index (κ1) is 13.9. The molecule has 2 rings (SSSR count). The van der Waals surface area contributed by atoms with Crippen LogP contribution in [0.4, 0.5) is 0 Å². The molecule has 1 atom stereocenters. The minimum Gasteiger partial charge on any atom is -0.493 e. The number of hydrogen-bond donors (Lipinski definition) is 1. The van der Waals surface area contributed by atoms with E-state index >= 15 is 0 Å². The number of ether oxygens (including phenoxy) is 1. The van der Waals surface area contributed by atoms with Crippen LogP contribution in [0.5, 0.6) is 5.75 Å². The number of rotatable bonds is 2. The van der Waals surface area contributed by atoms with Gasteiger partial charge >= 0.3 is 5.97 Å². The number of carbonyl (C=O) groups is 1. The number of carboxylic acids is 1. The zero-order valence-electron chi connectivity index (χ0n) is 11.9. The summed E-state index contributed by atoms with van der Waals surface area (Å²) in [7, 11) is 0. The Morgan fingerprint density at radius 2 is 2.16 bits per heavy atom. The van der Waals surface area contributed by atoms with Crippen LogP contribution in [0.15, 0.2) is 18.2 Å². The van der Waals surface area contributed by atoms with Gasteiger partial charge in [0.05, 0.1) is 13.0 Å². The fraction of sp³-hybridized carbons (Fsp3) is 0.562. The number of hydrogen-bond acceptors (Lipinski definition) is 2. The first-order chi connectivity index (χ1) is 8.88. The van der Waals surface area contributed by atoms with Crippen LogP contribution in [0.2, 0.25) is 0 Å². The van der Waals surface area contributed by atoms with Crippen molar-refractivity contribution in [3.05, 3.63) is 29.3 Å². The second kappa shape index (κ2) is 5.24. The maximum atomic E-state index is 11.0. The normalized spacial score (nSPS) is 19.2. The van der Waals surface area contributed by atoms with Gasteiger partial charge in [0, 0.05) is 0 Å². The van der Waals surface area contributed by atoms with Gasteiger partial charge in [-0.05, 0) is 41.4 Å². The van der Waals surface area contributed by atoms with Gasteiger partial charge in [0.2, 0.25) is 0 Å². The average molecular weight is 262 g/mol. The molecule has 1 N–H and O–H groups in total. The fourth-order valence-electron chi connectivity index (χ4n) is 2.56. The van der Waals surface area contributed by atoms with Gasteiger partial charge in [0.25, 0.3) is 0 Å². The van der Waals surface area contributed by atoms with E-state index in [1.807, 2.05) is 6.07 Å². The molecule has 3 nitrogen and oxygen atoms in total. The third-order valence-corrected chi connectivity index (χ3v) is 3.69. The van der Waals surface area contributed by atoms with Crippen LogP contribution in [0.3, 0.4) is 0 Å². The molecule has 0 amide bonds. The summed E-state index contributed by atoms with van der Waals surface area (Å²) in [5, 5.41) is 9.07. The van der Waals surface area contributed by atoms with E-state index in [0.717, 1.165) is 24.2 Å². The summed E-state index contributed by atoms with van der Waals surface area (Å²) in [6.45, 7) is 7.17. The summed E-state index contributed by atoms with van der Waals surface area (Å²) >= 11 is 0. The summed E-state index contributed by atoms with van der Waals surface area (Å²) in [6.07, 6.45) is 1.98. The van der Waals surface area contributed by atoms with Crippen LogP contribution in [-0.4, -0.2) is 17.7 Å². The Kier molecular flexibility index (Phi) is 3.83. The molecule has 0 spiro atoms. The molecule has 104 valence electrons. The SMILES string of the molecule is CC(C)(C)c1ccc2c(c1)C(CC(=O)O)CCCO2. The molecule has 0 aromatic heterocycles. The Morgan fingerprint density at radius 1 is 1.42 bits per heavy atom. The maximum absolute atomic E-state index is 11.0. The largest absolute Gasteiger partial charge is 0.493 e. The molecule has 3 heteroatoms. The summed E-state index contributed by atoms with van der Waals surface area (Å²) in [5.74, 6) is 0.188. The molecular weight excluding hydrogens is 240 g/mol. The zero-order valence-corrected chi connectivity index (χ0v) is 11.9. The van der Waals surface area contributed by atoms with Crippen LogP contribution >= 0.6 is 0 Å². The first-order valence-electron chi connectivity index (χ1n) is 6.87. The van der Waals surface area contributed by atoms with Crippen LogP contribution in [0.25, 0.3) is 0 Å². The molecule has 0 radical (unpaired) electrons. The molecule has 1 aromatic carbocycles. The standard InChI is InChI=1S/C16H22O3/c1-16(2,3)12-6-7-14-13(10-12)11(9-15(17)18)5-4-8-19-14/h6-7,10-11H,4-5,8-9H2,1-3H3,(H,17,18). The lowest BCUT2D eigenvalue weighted by Crippen LogP contribution is -2.13. The zero-order chi connectivity index (χ0) is 14.0. The predicted octanol–water partition coefficient (Wildman–Crippen LogP) is 3.72. The van der Waals surface area contributed by atoms with Gasteiger partial charge in [0.1, 0.15) is 5.75 Å². The van der Waals surface area contributed by atoms with Crippen LogP contribution < -0.4 is 4.74 Å². The first-order valence-corrected chi connectivity index (χ1v) is 6.87. The monoisotopic (exact) mass is 262 g/mol. The highest BCUT2D eigenvalue weighted by Crippen LogP contribution is 2.38. The number of benzene rings is 1. The third-order valence-electron chi connectivity index (χ3n) is 3.69. The van der Waals surface area contributed by atoms with E-state index in [9.17, 15) is 4.79 Å². The molecule has 1 unspecified atom stereocenters. The highest BCUT2D eigenvalue weighted by Gasteiger charge is 2.24. The van der Waals surface area contributed by atoms with E-state index in [0.29, 0.717) is 6.61 Å². The van der Waals surface area contributed by atoms with Crippen molar-refractivity contribution in [1.29, 1.82) is 0 Å². The Bertz CT molecular complexity index is 471. The highest BCUT2D eigenvalue weighted by atomic mass is 16.5. The van der Waals surface area contributed by atoms with Crippen LogP contribution in [0.1, 0.15) is 57.1 Å². The summed E-state index contributed by atoms with van der Waals surface area (Å²) in [5.41, 5.74) is 2.36. The Balaban J connectivity index is 2.41. The minimum atomic E-state index is -0.737. The molecule has 1 aliphatic heterocycles. The molecule has 0 saturated carbocycles. The van der Waals surface area contributed by atoms with Crippen molar-refractivity contribution in [2.75, 3.05) is 6.61 Å². The summed E-state index contributed by atoms with van der Waals surface area (Å²) < 4.78 is 5.73. The van der Waals surface area contributed by atoms with Gasteiger partial charge in [-0.2, -0.15) is 0 Å². The number of aliphatic carboxylic acids is 1. The van der Waals surface area contributed by atoms with Crippen molar-refractivity contribution in [1.82, 2.24) is 0 Å². The minimum absolute atomic E-state index is 0.0646. The van der Waals surface area contributed by atoms with Gasteiger partial charge in [-0.15, -0.1) is 0 Å². The van der Waals surface area contributed by atoms with Crippen molar-refractivity contribution in [2.45, 2.75) is 51.4 Å². The van der Waals surface area contributed by atoms with E-state index < -0.39 is 5.97 Å². The molecular formula is C16H22O3. The van der Waals surface area contributed by atoms with E-state index in [-0.39, 0.29) is 17.8 Å². The molecule has 0 saturated heterocycles. The Hall–Kier alpha value is -1.51. The molecule has 1 aliphatic rings. The molecule has 0 bridgehead atoms. The quantitative estimate of drug-likeness (QED) is 0.883. The smallest absolute Gasteiger partial charge is 0.303 e.